The van der Waals surface area contributed by atoms with Crippen LogP contribution in [0.1, 0.15) is 28.7 Å². The predicted molar refractivity (Wildman–Crippen MR) is 120 cm³/mol. The molecule has 2 amide bonds. The maximum Gasteiger partial charge on any atom is 0.253 e. The van der Waals surface area contributed by atoms with E-state index >= 15 is 0 Å². The maximum absolute atomic E-state index is 12.3. The van der Waals surface area contributed by atoms with Crippen molar-refractivity contribution in [1.82, 2.24) is 20.6 Å². The first kappa shape index (κ1) is 22.2. The predicted octanol–water partition coefficient (Wildman–Crippen LogP) is 4.38. The van der Waals surface area contributed by atoms with Gasteiger partial charge in [-0.25, -0.2) is 4.98 Å². The maximum atomic E-state index is 12.3. The van der Waals surface area contributed by atoms with Gasteiger partial charge in [0.25, 0.3) is 5.91 Å². The summed E-state index contributed by atoms with van der Waals surface area (Å²) >= 11 is 13.6. The first-order chi connectivity index (χ1) is 14.5. The number of carbonyl (C=O) groups is 2. The van der Waals surface area contributed by atoms with Gasteiger partial charge in [0.1, 0.15) is 6.04 Å². The summed E-state index contributed by atoms with van der Waals surface area (Å²) in [6, 6.07) is 7.93. The fourth-order valence-electron chi connectivity index (χ4n) is 2.70. The molecule has 0 aliphatic rings. The summed E-state index contributed by atoms with van der Waals surface area (Å²) in [5.74, 6) is -0.713. The van der Waals surface area contributed by atoms with Gasteiger partial charge >= 0.3 is 0 Å². The number of pyridine rings is 1. The lowest BCUT2D eigenvalue weighted by molar-refractivity contribution is -0.122. The van der Waals surface area contributed by atoms with E-state index in [2.05, 4.69) is 20.6 Å². The Labute approximate surface area is 188 Å². The minimum atomic E-state index is -0.703. The van der Waals surface area contributed by atoms with Crippen molar-refractivity contribution in [1.29, 1.82) is 0 Å². The highest BCUT2D eigenvalue weighted by atomic mass is 35.5. The average Bonchev–Trinajstić information content (AvgIpc) is 3.22. The minimum Gasteiger partial charge on any atom is -0.354 e. The molecule has 0 fully saturated rings. The summed E-state index contributed by atoms with van der Waals surface area (Å²) in [5, 5.41) is 8.94. The quantitative estimate of drug-likeness (QED) is 0.486. The number of nitrogens with one attached hydrogen (secondary N) is 2. The average molecular weight is 463 g/mol. The minimum absolute atomic E-state index is 0.166. The van der Waals surface area contributed by atoms with E-state index < -0.39 is 11.9 Å². The van der Waals surface area contributed by atoms with Crippen molar-refractivity contribution in [3.63, 3.8) is 0 Å². The van der Waals surface area contributed by atoms with Crippen molar-refractivity contribution >= 4 is 46.4 Å². The van der Waals surface area contributed by atoms with Crippen LogP contribution in [0.4, 0.5) is 0 Å². The Kier molecular flexibility index (Phi) is 7.79. The lowest BCUT2D eigenvalue weighted by Gasteiger charge is -2.15. The molecule has 6 nitrogen and oxygen atoms in total. The Morgan fingerprint density at radius 3 is 2.70 bits per heavy atom. The van der Waals surface area contributed by atoms with Gasteiger partial charge in [-0.1, -0.05) is 29.3 Å². The number of amides is 2. The lowest BCUT2D eigenvalue weighted by Crippen LogP contribution is -2.45. The van der Waals surface area contributed by atoms with Gasteiger partial charge in [-0.05, 0) is 37.6 Å². The Morgan fingerprint density at radius 1 is 1.17 bits per heavy atom. The van der Waals surface area contributed by atoms with Crippen molar-refractivity contribution in [2.24, 2.45) is 0 Å². The summed E-state index contributed by atoms with van der Waals surface area (Å²) < 4.78 is 0. The molecule has 156 valence electrons. The van der Waals surface area contributed by atoms with Gasteiger partial charge in [0.2, 0.25) is 5.91 Å². The standard InChI is InChI=1S/C21H20Cl2N4O2S/c1-13(26-21(29)15-4-2-5-16(22)19(15)23)20(28)25-9-3-6-18-27-17(12-30-18)14-7-10-24-11-8-14/h2,4-5,7-8,10-13H,3,6,9H2,1H3,(H,25,28)(H,26,29). The van der Waals surface area contributed by atoms with Gasteiger partial charge in [-0.3, -0.25) is 14.6 Å². The highest BCUT2D eigenvalue weighted by Crippen LogP contribution is 2.25. The Balaban J connectivity index is 1.43. The van der Waals surface area contributed by atoms with Gasteiger partial charge in [0, 0.05) is 36.3 Å². The number of thiazole rings is 1. The summed E-state index contributed by atoms with van der Waals surface area (Å²) in [6.45, 7) is 2.11. The van der Waals surface area contributed by atoms with Crippen LogP contribution in [-0.2, 0) is 11.2 Å². The molecule has 3 rings (SSSR count). The lowest BCUT2D eigenvalue weighted by atomic mass is 10.2. The van der Waals surface area contributed by atoms with E-state index in [1.807, 2.05) is 17.5 Å². The topological polar surface area (TPSA) is 84.0 Å². The molecule has 0 spiro atoms. The van der Waals surface area contributed by atoms with Crippen molar-refractivity contribution < 1.29 is 9.59 Å². The number of aromatic nitrogens is 2. The van der Waals surface area contributed by atoms with Crippen molar-refractivity contribution in [2.75, 3.05) is 6.54 Å². The van der Waals surface area contributed by atoms with Gasteiger partial charge < -0.3 is 10.6 Å². The van der Waals surface area contributed by atoms with Crippen LogP contribution in [0.3, 0.4) is 0 Å². The fourth-order valence-corrected chi connectivity index (χ4v) is 3.94. The number of aryl methyl sites for hydroxylation is 1. The molecule has 0 bridgehead atoms. The molecule has 0 radical (unpaired) electrons. The van der Waals surface area contributed by atoms with Gasteiger partial charge in [-0.2, -0.15) is 0 Å². The summed E-state index contributed by atoms with van der Waals surface area (Å²) in [6.07, 6.45) is 4.99. The largest absolute Gasteiger partial charge is 0.354 e. The van der Waals surface area contributed by atoms with Crippen molar-refractivity contribution in [3.8, 4) is 11.3 Å². The molecule has 2 N–H and O–H groups in total. The second-order valence-corrected chi connectivity index (χ2v) is 8.28. The van der Waals surface area contributed by atoms with Crippen LogP contribution in [0.25, 0.3) is 11.3 Å². The van der Waals surface area contributed by atoms with Crippen molar-refractivity contribution in [3.05, 3.63) is 68.7 Å². The number of hydrogen-bond donors (Lipinski definition) is 2. The third-order valence-corrected chi connectivity index (χ3v) is 6.06. The number of rotatable bonds is 8. The fraction of sp³-hybridized carbons (Fsp3) is 0.238. The SMILES string of the molecule is CC(NC(=O)c1cccc(Cl)c1Cl)C(=O)NCCCc1nc(-c2ccncc2)cs1. The van der Waals surface area contributed by atoms with Gasteiger partial charge in [0.05, 0.1) is 26.3 Å². The highest BCUT2D eigenvalue weighted by molar-refractivity contribution is 7.09. The molecular weight excluding hydrogens is 443 g/mol. The van der Waals surface area contributed by atoms with E-state index in [0.29, 0.717) is 6.54 Å². The van der Waals surface area contributed by atoms with Crippen LogP contribution in [0.5, 0.6) is 0 Å². The highest BCUT2D eigenvalue weighted by Gasteiger charge is 2.19. The van der Waals surface area contributed by atoms with E-state index in [-0.39, 0.29) is 21.5 Å². The summed E-state index contributed by atoms with van der Waals surface area (Å²) in [5.41, 5.74) is 2.19. The first-order valence-corrected chi connectivity index (χ1v) is 11.0. The molecule has 0 saturated heterocycles. The molecule has 2 aromatic heterocycles. The normalized spacial score (nSPS) is 11.7. The number of halogens is 2. The molecule has 30 heavy (non-hydrogen) atoms. The summed E-state index contributed by atoms with van der Waals surface area (Å²) in [4.78, 5) is 33.2. The second-order valence-electron chi connectivity index (χ2n) is 6.55. The molecule has 0 aliphatic heterocycles. The number of nitrogens with zero attached hydrogens (tertiary/aromatic N) is 2. The second kappa shape index (κ2) is 10.5. The molecule has 3 aromatic rings. The zero-order valence-corrected chi connectivity index (χ0v) is 18.5. The Hall–Kier alpha value is -2.48. The molecule has 1 atom stereocenters. The molecule has 1 unspecified atom stereocenters. The van der Waals surface area contributed by atoms with E-state index in [1.165, 1.54) is 0 Å². The monoisotopic (exact) mass is 462 g/mol. The smallest absolute Gasteiger partial charge is 0.253 e. The van der Waals surface area contributed by atoms with Crippen LogP contribution in [0, 0.1) is 0 Å². The molecule has 0 saturated carbocycles. The zero-order chi connectivity index (χ0) is 21.5. The van der Waals surface area contributed by atoms with Crippen LogP contribution >= 0.6 is 34.5 Å². The third-order valence-electron chi connectivity index (χ3n) is 4.33. The Bertz CT molecular complexity index is 1030. The molecule has 0 aliphatic carbocycles. The van der Waals surface area contributed by atoms with Crippen LogP contribution < -0.4 is 10.6 Å². The first-order valence-electron chi connectivity index (χ1n) is 9.33. The molecule has 1 aromatic carbocycles. The summed E-state index contributed by atoms with van der Waals surface area (Å²) in [7, 11) is 0. The van der Waals surface area contributed by atoms with Gasteiger partial charge in [0.15, 0.2) is 0 Å². The molecular formula is C21H20Cl2N4O2S. The van der Waals surface area contributed by atoms with Crippen LogP contribution in [0.2, 0.25) is 10.0 Å². The van der Waals surface area contributed by atoms with E-state index in [1.54, 1.807) is 48.9 Å². The zero-order valence-electron chi connectivity index (χ0n) is 16.2. The molecule has 2 heterocycles. The number of hydrogen-bond acceptors (Lipinski definition) is 5. The van der Waals surface area contributed by atoms with Crippen LogP contribution in [0.15, 0.2) is 48.1 Å². The van der Waals surface area contributed by atoms with Crippen LogP contribution in [-0.4, -0.2) is 34.4 Å². The number of benzene rings is 1. The van der Waals surface area contributed by atoms with E-state index in [0.717, 1.165) is 29.1 Å². The molecule has 9 heteroatoms. The third kappa shape index (κ3) is 5.78. The van der Waals surface area contributed by atoms with Crippen molar-refractivity contribution in [2.45, 2.75) is 25.8 Å². The van der Waals surface area contributed by atoms with E-state index in [9.17, 15) is 9.59 Å². The van der Waals surface area contributed by atoms with E-state index in [4.69, 9.17) is 23.2 Å². The Morgan fingerprint density at radius 2 is 1.93 bits per heavy atom. The number of carbonyl (C=O) groups excluding carboxylic acids is 2. The van der Waals surface area contributed by atoms with Gasteiger partial charge in [-0.15, -0.1) is 11.3 Å².